The second-order valence-electron chi connectivity index (χ2n) is 8.04. The van der Waals surface area contributed by atoms with E-state index in [1.807, 2.05) is 18.2 Å². The van der Waals surface area contributed by atoms with Gasteiger partial charge >= 0.3 is 5.97 Å². The predicted octanol–water partition coefficient (Wildman–Crippen LogP) is 4.49. The molecule has 0 bridgehead atoms. The smallest absolute Gasteiger partial charge is 0.330 e. The van der Waals surface area contributed by atoms with Gasteiger partial charge < -0.3 is 14.3 Å². The average Bonchev–Trinajstić information content (AvgIpc) is 2.56. The third kappa shape index (κ3) is 7.44. The van der Waals surface area contributed by atoms with Gasteiger partial charge in [-0.25, -0.2) is 4.79 Å². The molecule has 0 aliphatic heterocycles. The quantitative estimate of drug-likeness (QED) is 0.391. The molecule has 0 aliphatic carbocycles. The molecule has 26 heavy (non-hydrogen) atoms. The summed E-state index contributed by atoms with van der Waals surface area (Å²) in [6.07, 6.45) is 3.06. The van der Waals surface area contributed by atoms with Crippen LogP contribution in [0.1, 0.15) is 39.7 Å². The summed E-state index contributed by atoms with van der Waals surface area (Å²) in [6.45, 7) is 12.9. The van der Waals surface area contributed by atoms with Crippen LogP contribution < -0.4 is 0 Å². The second kappa shape index (κ2) is 10.0. The van der Waals surface area contributed by atoms with Crippen molar-refractivity contribution >= 4 is 14.3 Å². The molecule has 1 aromatic carbocycles. The van der Waals surface area contributed by atoms with Gasteiger partial charge in [0, 0.05) is 6.08 Å². The van der Waals surface area contributed by atoms with Gasteiger partial charge in [0.15, 0.2) is 8.32 Å². The van der Waals surface area contributed by atoms with E-state index in [0.717, 1.165) is 6.42 Å². The topological polar surface area (TPSA) is 55.8 Å². The number of esters is 1. The summed E-state index contributed by atoms with van der Waals surface area (Å²) in [6, 6.07) is 10.2. The van der Waals surface area contributed by atoms with E-state index in [9.17, 15) is 9.90 Å². The number of rotatable bonds is 9. The highest BCUT2D eigenvalue weighted by atomic mass is 28.4. The van der Waals surface area contributed by atoms with Crippen LogP contribution in [0.25, 0.3) is 0 Å². The fourth-order valence-corrected chi connectivity index (χ4v) is 3.67. The van der Waals surface area contributed by atoms with Gasteiger partial charge in [-0.3, -0.25) is 0 Å². The van der Waals surface area contributed by atoms with Gasteiger partial charge in [-0.15, -0.1) is 0 Å². The molecule has 0 aromatic heterocycles. The van der Waals surface area contributed by atoms with Crippen LogP contribution in [0.15, 0.2) is 42.5 Å². The minimum absolute atomic E-state index is 0.0442. The number of aliphatic hydroxyl groups is 1. The first-order chi connectivity index (χ1) is 12.1. The molecular weight excluding hydrogens is 344 g/mol. The maximum Gasteiger partial charge on any atom is 0.330 e. The summed E-state index contributed by atoms with van der Waals surface area (Å²) < 4.78 is 11.4. The number of hydrogen-bond donors (Lipinski definition) is 1. The van der Waals surface area contributed by atoms with E-state index in [2.05, 4.69) is 46.0 Å². The van der Waals surface area contributed by atoms with E-state index < -0.39 is 20.4 Å². The Morgan fingerprint density at radius 2 is 1.85 bits per heavy atom. The van der Waals surface area contributed by atoms with Crippen LogP contribution in [-0.2, 0) is 20.4 Å². The fraction of sp³-hybridized carbons (Fsp3) is 0.571. The van der Waals surface area contributed by atoms with Crippen LogP contribution in [0.3, 0.4) is 0 Å². The van der Waals surface area contributed by atoms with E-state index in [0.29, 0.717) is 13.0 Å². The molecule has 4 nitrogen and oxygen atoms in total. The van der Waals surface area contributed by atoms with E-state index in [4.69, 9.17) is 9.16 Å². The zero-order chi connectivity index (χ0) is 19.8. The lowest BCUT2D eigenvalue weighted by Crippen LogP contribution is -2.47. The zero-order valence-electron chi connectivity index (χ0n) is 17.0. The van der Waals surface area contributed by atoms with Crippen molar-refractivity contribution in [1.29, 1.82) is 0 Å². The maximum atomic E-state index is 11.5. The van der Waals surface area contributed by atoms with Crippen LogP contribution in [0.5, 0.6) is 0 Å². The number of hydrogen-bond acceptors (Lipinski definition) is 4. The van der Waals surface area contributed by atoms with E-state index in [1.165, 1.54) is 17.7 Å². The third-order valence-corrected chi connectivity index (χ3v) is 9.41. The average molecular weight is 379 g/mol. The molecule has 5 heteroatoms. The predicted molar refractivity (Wildman–Crippen MR) is 109 cm³/mol. The Morgan fingerprint density at radius 1 is 1.23 bits per heavy atom. The van der Waals surface area contributed by atoms with Gasteiger partial charge in [0.05, 0.1) is 18.8 Å². The molecular formula is C21H34O4Si. The lowest BCUT2D eigenvalue weighted by Gasteiger charge is -2.40. The zero-order valence-corrected chi connectivity index (χ0v) is 18.0. The Balaban J connectivity index is 2.87. The first-order valence-electron chi connectivity index (χ1n) is 9.31. The molecule has 0 unspecified atom stereocenters. The van der Waals surface area contributed by atoms with Crippen LogP contribution in [0.4, 0.5) is 0 Å². The molecule has 146 valence electrons. The van der Waals surface area contributed by atoms with Crippen LogP contribution >= 0.6 is 0 Å². The largest absolute Gasteiger partial charge is 0.463 e. The van der Waals surface area contributed by atoms with Gasteiger partial charge in [0.25, 0.3) is 0 Å². The molecule has 0 radical (unpaired) electrons. The van der Waals surface area contributed by atoms with Gasteiger partial charge in [-0.1, -0.05) is 51.1 Å². The molecule has 0 saturated carbocycles. The Kier molecular flexibility index (Phi) is 8.73. The lowest BCUT2D eigenvalue weighted by atomic mass is 10.0. The highest BCUT2D eigenvalue weighted by Gasteiger charge is 2.40. The second-order valence-corrected chi connectivity index (χ2v) is 12.8. The number of aliphatic hydroxyl groups excluding tert-OH is 1. The summed E-state index contributed by atoms with van der Waals surface area (Å²) in [7, 11) is -2.05. The molecule has 1 rings (SSSR count). The third-order valence-electron chi connectivity index (χ3n) is 4.91. The summed E-state index contributed by atoms with van der Waals surface area (Å²) >= 11 is 0. The Hall–Kier alpha value is -1.43. The Labute approximate surface area is 159 Å². The summed E-state index contributed by atoms with van der Waals surface area (Å²) in [5, 5.41) is 10.7. The highest BCUT2D eigenvalue weighted by Crippen LogP contribution is 2.38. The van der Waals surface area contributed by atoms with E-state index in [1.54, 1.807) is 6.92 Å². The minimum atomic E-state index is -2.05. The lowest BCUT2D eigenvalue weighted by molar-refractivity contribution is -0.137. The number of carbonyl (C=O) groups is 1. The van der Waals surface area contributed by atoms with Crippen LogP contribution in [-0.4, -0.2) is 38.2 Å². The number of aryl methyl sites for hydroxylation is 1. The van der Waals surface area contributed by atoms with E-state index in [-0.39, 0.29) is 11.1 Å². The number of carbonyl (C=O) groups excluding carboxylic acids is 1. The molecule has 0 spiro atoms. The minimum Gasteiger partial charge on any atom is -0.463 e. The molecule has 0 saturated heterocycles. The molecule has 1 N–H and O–H groups in total. The SMILES string of the molecule is CCOC(=O)/C=C/[C@H](O)[C@H](CCc1ccccc1)O[Si](C)(C)C(C)(C)C. The first kappa shape index (κ1) is 22.6. The molecule has 2 atom stereocenters. The van der Waals surface area contributed by atoms with Crippen LogP contribution in [0, 0.1) is 0 Å². The van der Waals surface area contributed by atoms with Crippen molar-refractivity contribution in [3.05, 3.63) is 48.0 Å². The van der Waals surface area contributed by atoms with Crippen molar-refractivity contribution in [2.75, 3.05) is 6.61 Å². The van der Waals surface area contributed by atoms with Crippen molar-refractivity contribution in [2.24, 2.45) is 0 Å². The van der Waals surface area contributed by atoms with E-state index >= 15 is 0 Å². The van der Waals surface area contributed by atoms with Crippen molar-refractivity contribution in [3.63, 3.8) is 0 Å². The van der Waals surface area contributed by atoms with Crippen LogP contribution in [0.2, 0.25) is 18.1 Å². The van der Waals surface area contributed by atoms with Gasteiger partial charge in [0.1, 0.15) is 0 Å². The van der Waals surface area contributed by atoms with Crippen molar-refractivity contribution < 1.29 is 19.1 Å². The summed E-state index contributed by atoms with van der Waals surface area (Å²) in [4.78, 5) is 11.5. The molecule has 0 aliphatic rings. The molecule has 1 aromatic rings. The Bertz CT molecular complexity index is 575. The monoisotopic (exact) mass is 378 g/mol. The molecule has 0 heterocycles. The first-order valence-corrected chi connectivity index (χ1v) is 12.2. The van der Waals surface area contributed by atoms with Gasteiger partial charge in [-0.2, -0.15) is 0 Å². The highest BCUT2D eigenvalue weighted by molar-refractivity contribution is 6.74. The summed E-state index contributed by atoms with van der Waals surface area (Å²) in [5.41, 5.74) is 1.21. The number of benzene rings is 1. The van der Waals surface area contributed by atoms with Gasteiger partial charge in [-0.05, 0) is 49.5 Å². The Morgan fingerprint density at radius 3 is 2.38 bits per heavy atom. The number of ether oxygens (including phenoxy) is 1. The van der Waals surface area contributed by atoms with Crippen molar-refractivity contribution in [1.82, 2.24) is 0 Å². The van der Waals surface area contributed by atoms with Crippen molar-refractivity contribution in [2.45, 2.75) is 70.9 Å². The fourth-order valence-electron chi connectivity index (χ4n) is 2.30. The standard InChI is InChI=1S/C21H34O4Si/c1-7-24-20(23)16-14-18(22)19(25-26(5,6)21(2,3)4)15-13-17-11-9-8-10-12-17/h8-12,14,16,18-19,22H,7,13,15H2,1-6H3/b16-14+/t18-,19-/m0/s1. The van der Waals surface area contributed by atoms with Gasteiger partial charge in [0.2, 0.25) is 0 Å². The maximum absolute atomic E-state index is 11.5. The summed E-state index contributed by atoms with van der Waals surface area (Å²) in [5.74, 6) is -0.444. The van der Waals surface area contributed by atoms with Crippen molar-refractivity contribution in [3.8, 4) is 0 Å². The molecule has 0 fully saturated rings. The normalized spacial score (nSPS) is 15.0. The molecule has 0 amide bonds.